The van der Waals surface area contributed by atoms with Crippen LogP contribution in [0.1, 0.15) is 12.8 Å². The number of ether oxygens (including phenoxy) is 1. The van der Waals surface area contributed by atoms with E-state index >= 15 is 0 Å². The highest BCUT2D eigenvalue weighted by atomic mass is 16.5. The SMILES string of the molecule is O=C(O)[C@@H]1CC=CC[C@H]1C(=O)Nc1ccc(Oc2ccncc2)cc1. The summed E-state index contributed by atoms with van der Waals surface area (Å²) in [6.07, 6.45) is 7.77. The number of aliphatic carboxylic acids is 1. The molecular formula is C19H18N2O4. The first kappa shape index (κ1) is 16.7. The monoisotopic (exact) mass is 338 g/mol. The first-order valence-corrected chi connectivity index (χ1v) is 8.00. The van der Waals surface area contributed by atoms with Gasteiger partial charge in [-0.25, -0.2) is 0 Å². The van der Waals surface area contributed by atoms with E-state index in [2.05, 4.69) is 10.3 Å². The quantitative estimate of drug-likeness (QED) is 0.815. The standard InChI is InChI=1S/C19H18N2O4/c22-18(16-3-1-2-4-17(16)19(23)24)21-13-5-7-14(8-6-13)25-15-9-11-20-12-10-15/h1-2,5-12,16-17H,3-4H2,(H,21,22)(H,23,24)/t16-,17-/m1/s1. The molecule has 6 heteroatoms. The lowest BCUT2D eigenvalue weighted by Gasteiger charge is -2.24. The topological polar surface area (TPSA) is 88.5 Å². The Morgan fingerprint density at radius 3 is 2.20 bits per heavy atom. The van der Waals surface area contributed by atoms with Crippen molar-refractivity contribution in [2.75, 3.05) is 5.32 Å². The number of pyridine rings is 1. The molecule has 25 heavy (non-hydrogen) atoms. The Kier molecular flexibility index (Phi) is 5.09. The van der Waals surface area contributed by atoms with Gasteiger partial charge in [0.1, 0.15) is 11.5 Å². The number of hydrogen-bond donors (Lipinski definition) is 2. The molecular weight excluding hydrogens is 320 g/mol. The van der Waals surface area contributed by atoms with Gasteiger partial charge >= 0.3 is 5.97 Å². The molecule has 1 aromatic carbocycles. The number of amides is 1. The van der Waals surface area contributed by atoms with Gasteiger partial charge in [-0.3, -0.25) is 14.6 Å². The minimum absolute atomic E-state index is 0.278. The summed E-state index contributed by atoms with van der Waals surface area (Å²) in [4.78, 5) is 27.6. The van der Waals surface area contributed by atoms with E-state index in [4.69, 9.17) is 4.74 Å². The van der Waals surface area contributed by atoms with Crippen molar-refractivity contribution >= 4 is 17.6 Å². The fourth-order valence-corrected chi connectivity index (χ4v) is 2.76. The number of anilines is 1. The van der Waals surface area contributed by atoms with Crippen molar-refractivity contribution in [3.8, 4) is 11.5 Å². The van der Waals surface area contributed by atoms with Gasteiger partial charge < -0.3 is 15.2 Å². The highest BCUT2D eigenvalue weighted by Gasteiger charge is 2.33. The zero-order chi connectivity index (χ0) is 17.6. The number of aromatic nitrogens is 1. The Bertz CT molecular complexity index is 772. The van der Waals surface area contributed by atoms with E-state index in [1.54, 1.807) is 48.8 Å². The Balaban J connectivity index is 1.63. The van der Waals surface area contributed by atoms with E-state index in [-0.39, 0.29) is 5.91 Å². The summed E-state index contributed by atoms with van der Waals surface area (Å²) in [5.74, 6) is -1.15. The number of allylic oxidation sites excluding steroid dienone is 2. The van der Waals surface area contributed by atoms with Gasteiger partial charge in [-0.15, -0.1) is 0 Å². The number of nitrogens with zero attached hydrogens (tertiary/aromatic N) is 1. The molecule has 1 aliphatic rings. The molecule has 0 saturated heterocycles. The minimum Gasteiger partial charge on any atom is -0.481 e. The van der Waals surface area contributed by atoms with E-state index < -0.39 is 17.8 Å². The van der Waals surface area contributed by atoms with Crippen LogP contribution in [0.4, 0.5) is 5.69 Å². The van der Waals surface area contributed by atoms with E-state index in [0.29, 0.717) is 30.0 Å². The Hall–Kier alpha value is -3.15. The Morgan fingerprint density at radius 2 is 1.56 bits per heavy atom. The van der Waals surface area contributed by atoms with Crippen LogP contribution in [-0.2, 0) is 9.59 Å². The van der Waals surface area contributed by atoms with Crippen LogP contribution in [0.5, 0.6) is 11.5 Å². The molecule has 0 unspecified atom stereocenters. The molecule has 0 radical (unpaired) electrons. The third-order valence-electron chi connectivity index (χ3n) is 4.09. The summed E-state index contributed by atoms with van der Waals surface area (Å²) in [7, 11) is 0. The van der Waals surface area contributed by atoms with Crippen LogP contribution in [-0.4, -0.2) is 22.0 Å². The summed E-state index contributed by atoms with van der Waals surface area (Å²) in [5.41, 5.74) is 0.603. The van der Waals surface area contributed by atoms with E-state index in [1.165, 1.54) is 0 Å². The lowest BCUT2D eigenvalue weighted by molar-refractivity contribution is -0.146. The summed E-state index contributed by atoms with van der Waals surface area (Å²) < 4.78 is 5.66. The molecule has 2 N–H and O–H groups in total. The molecule has 0 aliphatic heterocycles. The van der Waals surface area contributed by atoms with E-state index in [9.17, 15) is 14.7 Å². The van der Waals surface area contributed by atoms with Gasteiger partial charge in [-0.1, -0.05) is 12.2 Å². The maximum atomic E-state index is 12.4. The zero-order valence-electron chi connectivity index (χ0n) is 13.5. The molecule has 1 aromatic heterocycles. The van der Waals surface area contributed by atoms with Crippen LogP contribution in [0.15, 0.2) is 60.9 Å². The maximum Gasteiger partial charge on any atom is 0.307 e. The van der Waals surface area contributed by atoms with Gasteiger partial charge in [-0.05, 0) is 49.2 Å². The van der Waals surface area contributed by atoms with Crippen LogP contribution in [0, 0.1) is 11.8 Å². The van der Waals surface area contributed by atoms with Crippen LogP contribution < -0.4 is 10.1 Å². The molecule has 3 rings (SSSR count). The molecule has 1 heterocycles. The number of nitrogens with one attached hydrogen (secondary N) is 1. The van der Waals surface area contributed by atoms with Gasteiger partial charge in [0.25, 0.3) is 0 Å². The number of carbonyl (C=O) groups excluding carboxylic acids is 1. The molecule has 1 aliphatic carbocycles. The first-order chi connectivity index (χ1) is 12.1. The zero-order valence-corrected chi connectivity index (χ0v) is 13.5. The smallest absolute Gasteiger partial charge is 0.307 e. The molecule has 0 saturated carbocycles. The Morgan fingerprint density at radius 1 is 0.960 bits per heavy atom. The van der Waals surface area contributed by atoms with Crippen molar-refractivity contribution in [2.45, 2.75) is 12.8 Å². The minimum atomic E-state index is -0.939. The van der Waals surface area contributed by atoms with Crippen molar-refractivity contribution in [3.05, 3.63) is 60.9 Å². The fraction of sp³-hybridized carbons (Fsp3) is 0.211. The van der Waals surface area contributed by atoms with Crippen molar-refractivity contribution < 1.29 is 19.4 Å². The van der Waals surface area contributed by atoms with E-state index in [0.717, 1.165) is 0 Å². The van der Waals surface area contributed by atoms with Gasteiger partial charge in [0, 0.05) is 18.1 Å². The van der Waals surface area contributed by atoms with Crippen LogP contribution in [0.3, 0.4) is 0 Å². The lowest BCUT2D eigenvalue weighted by Crippen LogP contribution is -2.34. The molecule has 0 spiro atoms. The number of rotatable bonds is 5. The van der Waals surface area contributed by atoms with E-state index in [1.807, 2.05) is 12.2 Å². The largest absolute Gasteiger partial charge is 0.481 e. The number of benzene rings is 1. The maximum absolute atomic E-state index is 12.4. The predicted octanol–water partition coefficient (Wildman–Crippen LogP) is 3.48. The average molecular weight is 338 g/mol. The van der Waals surface area contributed by atoms with Crippen molar-refractivity contribution in [3.63, 3.8) is 0 Å². The van der Waals surface area contributed by atoms with Crippen LogP contribution in [0.25, 0.3) is 0 Å². The predicted molar refractivity (Wildman–Crippen MR) is 92.4 cm³/mol. The van der Waals surface area contributed by atoms with Crippen LogP contribution >= 0.6 is 0 Å². The average Bonchev–Trinajstić information content (AvgIpc) is 2.64. The van der Waals surface area contributed by atoms with Gasteiger partial charge in [0.15, 0.2) is 0 Å². The normalized spacial score (nSPS) is 19.2. The fourth-order valence-electron chi connectivity index (χ4n) is 2.76. The summed E-state index contributed by atoms with van der Waals surface area (Å²) in [5, 5.41) is 12.1. The highest BCUT2D eigenvalue weighted by Crippen LogP contribution is 2.28. The second-order valence-electron chi connectivity index (χ2n) is 5.79. The number of carbonyl (C=O) groups is 2. The van der Waals surface area contributed by atoms with Gasteiger partial charge in [0.05, 0.1) is 11.8 Å². The second-order valence-corrected chi connectivity index (χ2v) is 5.79. The molecule has 1 amide bonds. The third kappa shape index (κ3) is 4.23. The van der Waals surface area contributed by atoms with Crippen LogP contribution in [0.2, 0.25) is 0 Å². The lowest BCUT2D eigenvalue weighted by atomic mass is 9.82. The Labute approximate surface area is 145 Å². The second kappa shape index (κ2) is 7.61. The molecule has 6 nitrogen and oxygen atoms in total. The number of hydrogen-bond acceptors (Lipinski definition) is 4. The van der Waals surface area contributed by atoms with Crippen molar-refractivity contribution in [2.24, 2.45) is 11.8 Å². The molecule has 2 atom stereocenters. The van der Waals surface area contributed by atoms with Crippen molar-refractivity contribution in [1.29, 1.82) is 0 Å². The van der Waals surface area contributed by atoms with Gasteiger partial charge in [0.2, 0.25) is 5.91 Å². The highest BCUT2D eigenvalue weighted by molar-refractivity contribution is 5.95. The summed E-state index contributed by atoms with van der Waals surface area (Å²) in [6, 6.07) is 10.4. The first-order valence-electron chi connectivity index (χ1n) is 8.00. The number of carboxylic acids is 1. The van der Waals surface area contributed by atoms with Gasteiger partial charge in [-0.2, -0.15) is 0 Å². The molecule has 0 fully saturated rings. The molecule has 2 aromatic rings. The third-order valence-corrected chi connectivity index (χ3v) is 4.09. The summed E-state index contributed by atoms with van der Waals surface area (Å²) >= 11 is 0. The van der Waals surface area contributed by atoms with Crippen molar-refractivity contribution in [1.82, 2.24) is 4.98 Å². The summed E-state index contributed by atoms with van der Waals surface area (Å²) in [6.45, 7) is 0. The number of carboxylic acid groups (broad SMARTS) is 1. The molecule has 128 valence electrons. The molecule has 0 bridgehead atoms.